The molecule has 0 fully saturated rings. The lowest BCUT2D eigenvalue weighted by Gasteiger charge is -2.24. The van der Waals surface area contributed by atoms with Crippen LogP contribution in [-0.4, -0.2) is 22.7 Å². The molecule has 5 nitrogen and oxygen atoms in total. The number of nitrogens with zero attached hydrogens (tertiary/aromatic N) is 1. The van der Waals surface area contributed by atoms with Crippen LogP contribution in [0.3, 0.4) is 0 Å². The third-order valence-electron chi connectivity index (χ3n) is 4.67. The molecule has 1 heterocycles. The number of aryl methyl sites for hydroxylation is 1. The molecule has 1 aromatic heterocycles. The fraction of sp³-hybridized carbons (Fsp3) is 0.200. The van der Waals surface area contributed by atoms with Gasteiger partial charge in [-0.15, -0.1) is 0 Å². The number of nitrogens with one attached hydrogen (secondary N) is 1. The summed E-state index contributed by atoms with van der Waals surface area (Å²) in [6, 6.07) is 18.9. The molecule has 0 radical (unpaired) electrons. The molecule has 0 spiro atoms. The number of hydrogen-bond acceptors (Lipinski definition) is 4. The molecule has 4 rings (SSSR count). The number of rotatable bonds is 4. The van der Waals surface area contributed by atoms with Gasteiger partial charge in [0.1, 0.15) is 5.60 Å². The molecule has 2 aromatic carbocycles. The van der Waals surface area contributed by atoms with E-state index in [1.54, 1.807) is 6.07 Å². The molecule has 0 aliphatic heterocycles. The lowest BCUT2D eigenvalue weighted by molar-refractivity contribution is 0.0368. The van der Waals surface area contributed by atoms with Crippen molar-refractivity contribution in [2.75, 3.05) is 6.54 Å². The Kier molecular flexibility index (Phi) is 3.86. The molecule has 1 atom stereocenters. The largest absolute Gasteiger partial charge is 0.383 e. The molecule has 5 heteroatoms. The Morgan fingerprint density at radius 1 is 1.16 bits per heavy atom. The Balaban J connectivity index is 1.46. The van der Waals surface area contributed by atoms with Crippen molar-refractivity contribution >= 4 is 5.91 Å². The van der Waals surface area contributed by atoms with Crippen molar-refractivity contribution < 1.29 is 14.4 Å². The van der Waals surface area contributed by atoms with E-state index in [1.165, 1.54) is 0 Å². The van der Waals surface area contributed by atoms with Gasteiger partial charge in [-0.05, 0) is 24.0 Å². The van der Waals surface area contributed by atoms with Crippen LogP contribution in [-0.2, 0) is 12.0 Å². The number of hydrogen-bond donors (Lipinski definition) is 2. The van der Waals surface area contributed by atoms with Crippen molar-refractivity contribution in [1.29, 1.82) is 0 Å². The van der Waals surface area contributed by atoms with Crippen LogP contribution in [0.2, 0.25) is 0 Å². The van der Waals surface area contributed by atoms with E-state index in [1.807, 2.05) is 54.6 Å². The molecule has 1 aliphatic rings. The SMILES string of the molecule is O=C(NCC1(O)CCc2ccccc21)c1cc(-c2ccccc2)on1. The van der Waals surface area contributed by atoms with Gasteiger partial charge >= 0.3 is 0 Å². The van der Waals surface area contributed by atoms with Gasteiger partial charge in [0.2, 0.25) is 0 Å². The predicted octanol–water partition coefficient (Wildman–Crippen LogP) is 2.91. The first-order chi connectivity index (χ1) is 12.2. The Morgan fingerprint density at radius 3 is 2.76 bits per heavy atom. The first-order valence-electron chi connectivity index (χ1n) is 8.27. The highest BCUT2D eigenvalue weighted by molar-refractivity contribution is 5.93. The summed E-state index contributed by atoms with van der Waals surface area (Å²) < 4.78 is 5.25. The summed E-state index contributed by atoms with van der Waals surface area (Å²) in [4.78, 5) is 12.4. The fourth-order valence-electron chi connectivity index (χ4n) is 3.29. The normalized spacial score (nSPS) is 18.8. The van der Waals surface area contributed by atoms with E-state index < -0.39 is 5.60 Å². The van der Waals surface area contributed by atoms with E-state index in [4.69, 9.17) is 4.52 Å². The number of benzene rings is 2. The molecule has 2 N–H and O–H groups in total. The van der Waals surface area contributed by atoms with Crippen LogP contribution in [0, 0.1) is 0 Å². The zero-order chi connectivity index (χ0) is 17.3. The summed E-state index contributed by atoms with van der Waals surface area (Å²) >= 11 is 0. The Bertz CT molecular complexity index is 904. The van der Waals surface area contributed by atoms with Gasteiger partial charge in [-0.25, -0.2) is 0 Å². The number of aromatic nitrogens is 1. The molecule has 1 unspecified atom stereocenters. The highest BCUT2D eigenvalue weighted by Crippen LogP contribution is 2.36. The average molecular weight is 334 g/mol. The monoisotopic (exact) mass is 334 g/mol. The summed E-state index contributed by atoms with van der Waals surface area (Å²) in [6.07, 6.45) is 1.41. The van der Waals surface area contributed by atoms with E-state index in [0.29, 0.717) is 12.2 Å². The number of carbonyl (C=O) groups excluding carboxylic acids is 1. The van der Waals surface area contributed by atoms with E-state index in [9.17, 15) is 9.90 Å². The average Bonchev–Trinajstić information content (AvgIpc) is 3.27. The van der Waals surface area contributed by atoms with Gasteiger partial charge in [0, 0.05) is 11.6 Å². The number of amides is 1. The lowest BCUT2D eigenvalue weighted by atomic mass is 9.96. The summed E-state index contributed by atoms with van der Waals surface area (Å²) in [5.74, 6) is 0.180. The summed E-state index contributed by atoms with van der Waals surface area (Å²) in [6.45, 7) is 0.149. The second-order valence-electron chi connectivity index (χ2n) is 6.31. The molecular formula is C20H18N2O3. The Labute approximate surface area is 145 Å². The molecule has 0 saturated carbocycles. The zero-order valence-corrected chi connectivity index (χ0v) is 13.6. The van der Waals surface area contributed by atoms with Gasteiger partial charge in [0.15, 0.2) is 11.5 Å². The Morgan fingerprint density at radius 2 is 1.92 bits per heavy atom. The highest BCUT2D eigenvalue weighted by Gasteiger charge is 2.36. The molecule has 1 amide bonds. The van der Waals surface area contributed by atoms with Crippen LogP contribution in [0.4, 0.5) is 0 Å². The first-order valence-corrected chi connectivity index (χ1v) is 8.27. The molecular weight excluding hydrogens is 316 g/mol. The van der Waals surface area contributed by atoms with E-state index in [0.717, 1.165) is 23.1 Å². The number of fused-ring (bicyclic) bond motifs is 1. The van der Waals surface area contributed by atoms with Gasteiger partial charge in [0.25, 0.3) is 5.91 Å². The predicted molar refractivity (Wildman–Crippen MR) is 92.9 cm³/mol. The molecule has 126 valence electrons. The lowest BCUT2D eigenvalue weighted by Crippen LogP contribution is -2.39. The minimum absolute atomic E-state index is 0.149. The maximum absolute atomic E-state index is 12.4. The molecule has 1 aliphatic carbocycles. The smallest absolute Gasteiger partial charge is 0.273 e. The van der Waals surface area contributed by atoms with E-state index in [2.05, 4.69) is 10.5 Å². The fourth-order valence-corrected chi connectivity index (χ4v) is 3.29. The van der Waals surface area contributed by atoms with Crippen molar-refractivity contribution in [2.45, 2.75) is 18.4 Å². The van der Waals surface area contributed by atoms with Gasteiger partial charge in [-0.3, -0.25) is 4.79 Å². The second kappa shape index (κ2) is 6.18. The van der Waals surface area contributed by atoms with Gasteiger partial charge in [-0.2, -0.15) is 0 Å². The van der Waals surface area contributed by atoms with Crippen LogP contribution in [0.1, 0.15) is 28.0 Å². The topological polar surface area (TPSA) is 75.4 Å². The second-order valence-corrected chi connectivity index (χ2v) is 6.31. The van der Waals surface area contributed by atoms with Gasteiger partial charge in [0.05, 0.1) is 6.54 Å². The molecule has 25 heavy (non-hydrogen) atoms. The van der Waals surface area contributed by atoms with E-state index >= 15 is 0 Å². The van der Waals surface area contributed by atoms with Crippen LogP contribution >= 0.6 is 0 Å². The van der Waals surface area contributed by atoms with E-state index in [-0.39, 0.29) is 18.1 Å². The Hall–Kier alpha value is -2.92. The number of carbonyl (C=O) groups is 1. The maximum atomic E-state index is 12.4. The van der Waals surface area contributed by atoms with Crippen molar-refractivity contribution in [2.24, 2.45) is 0 Å². The highest BCUT2D eigenvalue weighted by atomic mass is 16.5. The third-order valence-corrected chi connectivity index (χ3v) is 4.67. The van der Waals surface area contributed by atoms with Crippen molar-refractivity contribution in [1.82, 2.24) is 10.5 Å². The van der Waals surface area contributed by atoms with Crippen LogP contribution in [0.25, 0.3) is 11.3 Å². The minimum Gasteiger partial charge on any atom is -0.383 e. The number of aliphatic hydroxyl groups is 1. The van der Waals surface area contributed by atoms with Crippen LogP contribution in [0.15, 0.2) is 65.2 Å². The first kappa shape index (κ1) is 15.6. The van der Waals surface area contributed by atoms with Gasteiger partial charge < -0.3 is 14.9 Å². The van der Waals surface area contributed by atoms with Crippen molar-refractivity contribution in [3.63, 3.8) is 0 Å². The third kappa shape index (κ3) is 2.94. The summed E-state index contributed by atoms with van der Waals surface area (Å²) in [7, 11) is 0. The standard InChI is InChI=1S/C20H18N2O3/c23-19(17-12-18(25-22-17)15-7-2-1-3-8-15)21-13-20(24)11-10-14-6-4-5-9-16(14)20/h1-9,12,24H,10-11,13H2,(H,21,23). The van der Waals surface area contributed by atoms with Crippen LogP contribution in [0.5, 0.6) is 0 Å². The quantitative estimate of drug-likeness (QED) is 0.769. The zero-order valence-electron chi connectivity index (χ0n) is 13.6. The summed E-state index contributed by atoms with van der Waals surface area (Å²) in [5, 5.41) is 17.5. The molecule has 0 bridgehead atoms. The maximum Gasteiger partial charge on any atom is 0.273 e. The van der Waals surface area contributed by atoms with Crippen molar-refractivity contribution in [3.8, 4) is 11.3 Å². The summed E-state index contributed by atoms with van der Waals surface area (Å²) in [5.41, 5.74) is 2.05. The van der Waals surface area contributed by atoms with Crippen LogP contribution < -0.4 is 5.32 Å². The van der Waals surface area contributed by atoms with Crippen molar-refractivity contribution in [3.05, 3.63) is 77.5 Å². The molecule has 0 saturated heterocycles. The van der Waals surface area contributed by atoms with Gasteiger partial charge in [-0.1, -0.05) is 59.8 Å². The minimum atomic E-state index is -1.03. The molecule has 3 aromatic rings.